The van der Waals surface area contributed by atoms with Crippen LogP contribution in [0, 0.1) is 5.92 Å². The van der Waals surface area contributed by atoms with Gasteiger partial charge < -0.3 is 34.8 Å². The second-order valence-electron chi connectivity index (χ2n) is 7.15. The van der Waals surface area contributed by atoms with Crippen LogP contribution >= 0.6 is 19.2 Å². The summed E-state index contributed by atoms with van der Waals surface area (Å²) in [6.45, 7) is 4.40. The zero-order valence-electron chi connectivity index (χ0n) is 15.7. The second-order valence-corrected chi connectivity index (χ2v) is 9.08. The third kappa shape index (κ3) is 5.22. The zero-order valence-corrected chi connectivity index (χ0v) is 17.4. The largest absolute Gasteiger partial charge is 0.387 e. The third-order valence-electron chi connectivity index (χ3n) is 4.22. The van der Waals surface area contributed by atoms with Crippen molar-refractivity contribution in [2.45, 2.75) is 38.4 Å². The molecular formula is C15H23ClN5O7P. The Kier molecular flexibility index (Phi) is 6.76. The highest BCUT2D eigenvalue weighted by atomic mass is 35.5. The first-order valence-electron chi connectivity index (χ1n) is 8.85. The van der Waals surface area contributed by atoms with Crippen LogP contribution in [-0.2, 0) is 14.0 Å². The van der Waals surface area contributed by atoms with Crippen molar-refractivity contribution < 1.29 is 34.0 Å². The Hall–Kier alpha value is -1.37. The molecule has 0 saturated carbocycles. The van der Waals surface area contributed by atoms with E-state index in [0.29, 0.717) is 29.3 Å². The molecule has 162 valence electrons. The number of hydrogen-bond donors (Lipinski definition) is 5. The molecule has 1 saturated heterocycles. The van der Waals surface area contributed by atoms with Crippen molar-refractivity contribution in [3.8, 4) is 0 Å². The molecule has 1 aliphatic rings. The summed E-state index contributed by atoms with van der Waals surface area (Å²) in [5.74, 6) is 0.840. The number of nitrogens with one attached hydrogen (secondary N) is 1. The highest BCUT2D eigenvalue weighted by molar-refractivity contribution is 7.51. The summed E-state index contributed by atoms with van der Waals surface area (Å²) >= 11 is 6.03. The smallest absolute Gasteiger partial charge is 0.350 e. The van der Waals surface area contributed by atoms with Crippen LogP contribution in [0.4, 0.5) is 5.82 Å². The number of aliphatic hydroxyl groups excluding tert-OH is 2. The van der Waals surface area contributed by atoms with Crippen molar-refractivity contribution in [3.05, 3.63) is 11.5 Å². The molecule has 29 heavy (non-hydrogen) atoms. The first-order chi connectivity index (χ1) is 13.6. The number of aromatic nitrogens is 4. The molecule has 3 rings (SSSR count). The molecule has 1 fully saturated rings. The van der Waals surface area contributed by atoms with Crippen LogP contribution in [0.5, 0.6) is 0 Å². The topological polar surface area (TPSA) is 172 Å². The highest BCUT2D eigenvalue weighted by Gasteiger charge is 2.45. The molecule has 3 heterocycles. The molecule has 0 radical (unpaired) electrons. The van der Waals surface area contributed by atoms with Gasteiger partial charge in [0.2, 0.25) is 5.28 Å². The van der Waals surface area contributed by atoms with Crippen LogP contribution in [0.1, 0.15) is 20.1 Å². The first kappa shape index (κ1) is 22.3. The lowest BCUT2D eigenvalue weighted by Crippen LogP contribution is -2.34. The monoisotopic (exact) mass is 451 g/mol. The maximum Gasteiger partial charge on any atom is 0.350 e. The predicted octanol–water partition coefficient (Wildman–Crippen LogP) is 0.319. The molecular weight excluding hydrogens is 429 g/mol. The normalized spacial score (nSPS) is 25.2. The van der Waals surface area contributed by atoms with Crippen LogP contribution < -0.4 is 5.32 Å². The maximum atomic E-state index is 10.9. The lowest BCUT2D eigenvalue weighted by atomic mass is 10.1. The van der Waals surface area contributed by atoms with E-state index < -0.39 is 38.5 Å². The Bertz CT molecular complexity index is 907. The molecule has 0 amide bonds. The minimum Gasteiger partial charge on any atom is -0.387 e. The number of rotatable bonds is 8. The summed E-state index contributed by atoms with van der Waals surface area (Å²) < 4.78 is 22.7. The van der Waals surface area contributed by atoms with E-state index in [2.05, 4.69) is 20.4 Å². The molecule has 1 aliphatic heterocycles. The van der Waals surface area contributed by atoms with E-state index in [-0.39, 0.29) is 11.9 Å². The molecule has 0 unspecified atom stereocenters. The molecule has 0 spiro atoms. The molecule has 2 aromatic heterocycles. The van der Waals surface area contributed by atoms with Crippen LogP contribution in [0.2, 0.25) is 5.28 Å². The summed E-state index contributed by atoms with van der Waals surface area (Å²) in [5.41, 5.74) is 0.296. The van der Waals surface area contributed by atoms with Gasteiger partial charge in [0.15, 0.2) is 11.9 Å². The van der Waals surface area contributed by atoms with Gasteiger partial charge in [-0.3, -0.25) is 4.57 Å². The van der Waals surface area contributed by atoms with Crippen molar-refractivity contribution >= 4 is 36.0 Å². The van der Waals surface area contributed by atoms with E-state index in [1.54, 1.807) is 0 Å². The molecule has 12 nitrogen and oxygen atoms in total. The molecule has 0 aromatic carbocycles. The summed E-state index contributed by atoms with van der Waals surface area (Å²) in [5, 5.41) is 28.5. The third-order valence-corrected chi connectivity index (χ3v) is 4.91. The number of aliphatic hydroxyl groups is 2. The maximum absolute atomic E-state index is 10.9. The summed E-state index contributed by atoms with van der Waals surface area (Å²) in [6, 6.07) is 0. The van der Waals surface area contributed by atoms with E-state index in [1.807, 2.05) is 13.8 Å². The Morgan fingerprint density at radius 3 is 2.72 bits per heavy atom. The van der Waals surface area contributed by atoms with Crippen molar-refractivity contribution in [1.82, 2.24) is 19.7 Å². The molecule has 0 bridgehead atoms. The van der Waals surface area contributed by atoms with E-state index in [9.17, 15) is 14.8 Å². The van der Waals surface area contributed by atoms with E-state index >= 15 is 0 Å². The Morgan fingerprint density at radius 1 is 1.34 bits per heavy atom. The minimum atomic E-state index is -4.36. The number of ether oxygens (including phenoxy) is 2. The average molecular weight is 452 g/mol. The van der Waals surface area contributed by atoms with E-state index in [0.717, 1.165) is 0 Å². The van der Waals surface area contributed by atoms with Gasteiger partial charge >= 0.3 is 7.60 Å². The fourth-order valence-electron chi connectivity index (χ4n) is 2.88. The van der Waals surface area contributed by atoms with Gasteiger partial charge in [0.25, 0.3) is 0 Å². The van der Waals surface area contributed by atoms with Crippen LogP contribution in [-0.4, -0.2) is 77.6 Å². The van der Waals surface area contributed by atoms with Crippen LogP contribution in [0.15, 0.2) is 6.20 Å². The number of fused-ring (bicyclic) bond motifs is 1. The van der Waals surface area contributed by atoms with Gasteiger partial charge in [-0.15, -0.1) is 0 Å². The van der Waals surface area contributed by atoms with Gasteiger partial charge in [0.1, 0.15) is 30.5 Å². The van der Waals surface area contributed by atoms with Crippen molar-refractivity contribution in [2.75, 3.05) is 24.8 Å². The van der Waals surface area contributed by atoms with Crippen LogP contribution in [0.3, 0.4) is 0 Å². The van der Waals surface area contributed by atoms with Gasteiger partial charge in [0.05, 0.1) is 18.2 Å². The van der Waals surface area contributed by atoms with E-state index in [1.165, 1.54) is 10.9 Å². The predicted molar refractivity (Wildman–Crippen MR) is 102 cm³/mol. The fraction of sp³-hybridized carbons (Fsp3) is 0.667. The Balaban J connectivity index is 1.82. The first-order valence-corrected chi connectivity index (χ1v) is 11.0. The van der Waals surface area contributed by atoms with Gasteiger partial charge in [-0.2, -0.15) is 15.1 Å². The molecule has 5 N–H and O–H groups in total. The van der Waals surface area contributed by atoms with Crippen molar-refractivity contribution in [1.29, 1.82) is 0 Å². The number of hydrogen-bond acceptors (Lipinski definition) is 9. The van der Waals surface area contributed by atoms with Gasteiger partial charge in [-0.25, -0.2) is 4.68 Å². The standard InChI is InChI=1S/C15H23ClN5O7P/c1-7(2)3-17-12-8-4-18-21(13(8)20-15(16)19-12)14-11(23)10(22)9(28-14)5-27-6-29(24,25)26/h4,7,9-11,14,22-23H,3,5-6H2,1-2H3,(H,17,19,20)(H2,24,25,26)/t9-,10-,11-,14-/m1/s1. The fourth-order valence-corrected chi connectivity index (χ4v) is 3.39. The summed E-state index contributed by atoms with van der Waals surface area (Å²) in [6.07, 6.45) is -4.17. The van der Waals surface area contributed by atoms with Crippen LogP contribution in [0.25, 0.3) is 11.0 Å². The lowest BCUT2D eigenvalue weighted by Gasteiger charge is -2.16. The highest BCUT2D eigenvalue weighted by Crippen LogP contribution is 2.36. The van der Waals surface area contributed by atoms with Crippen molar-refractivity contribution in [3.63, 3.8) is 0 Å². The number of anilines is 1. The summed E-state index contributed by atoms with van der Waals surface area (Å²) in [7, 11) is -4.36. The minimum absolute atomic E-state index is 0.0277. The lowest BCUT2D eigenvalue weighted by molar-refractivity contribution is -0.0658. The van der Waals surface area contributed by atoms with Crippen molar-refractivity contribution in [2.24, 2.45) is 5.92 Å². The number of nitrogens with zero attached hydrogens (tertiary/aromatic N) is 4. The van der Waals surface area contributed by atoms with Gasteiger partial charge in [-0.1, -0.05) is 13.8 Å². The number of halogens is 1. The molecule has 14 heteroatoms. The zero-order chi connectivity index (χ0) is 21.3. The SMILES string of the molecule is CC(C)CNc1nc(Cl)nc2c1cnn2[C@@H]1O[C@H](COCP(=O)(O)O)[C@@H](O)[C@H]1O. The molecule has 4 atom stereocenters. The second kappa shape index (κ2) is 8.78. The quantitative estimate of drug-likeness (QED) is 0.276. The summed E-state index contributed by atoms with van der Waals surface area (Å²) in [4.78, 5) is 26.0. The average Bonchev–Trinajstić information content (AvgIpc) is 3.14. The Labute approximate surface area is 171 Å². The van der Waals surface area contributed by atoms with E-state index in [4.69, 9.17) is 30.9 Å². The molecule has 0 aliphatic carbocycles. The van der Waals surface area contributed by atoms with Gasteiger partial charge in [0, 0.05) is 6.54 Å². The Morgan fingerprint density at radius 2 is 2.07 bits per heavy atom. The van der Waals surface area contributed by atoms with Gasteiger partial charge in [-0.05, 0) is 17.5 Å². The molecule has 2 aromatic rings.